The first-order chi connectivity index (χ1) is 8.08. The zero-order valence-corrected chi connectivity index (χ0v) is 11.5. The van der Waals surface area contributed by atoms with Crippen molar-refractivity contribution in [3.8, 4) is 0 Å². The summed E-state index contributed by atoms with van der Waals surface area (Å²) >= 11 is 9.48. The molecule has 0 bridgehead atoms. The fraction of sp³-hybridized carbons (Fsp3) is 0.0833. The Morgan fingerprint density at radius 1 is 1.35 bits per heavy atom. The number of nitrogens with zero attached hydrogens (tertiary/aromatic N) is 1. The first-order valence-electron chi connectivity index (χ1n) is 5.01. The van der Waals surface area contributed by atoms with Crippen LogP contribution in [0.15, 0.2) is 34.9 Å². The number of nitrogen functional groups attached to an aromatic ring is 1. The standard InChI is InChI=1S/C12H11BrClN3/c1-7-4-5-16-12(11(7)15)17-10-6-8(13)2-3-9(10)14/h2-6H,15H2,1H3,(H,16,17). The van der Waals surface area contributed by atoms with Gasteiger partial charge in [0.25, 0.3) is 0 Å². The number of hydrogen-bond acceptors (Lipinski definition) is 3. The van der Waals surface area contributed by atoms with Gasteiger partial charge in [0.1, 0.15) is 0 Å². The number of halogens is 2. The van der Waals surface area contributed by atoms with Gasteiger partial charge in [-0.3, -0.25) is 0 Å². The Labute approximate surface area is 113 Å². The number of aryl methyl sites for hydroxylation is 1. The van der Waals surface area contributed by atoms with E-state index in [1.54, 1.807) is 12.3 Å². The van der Waals surface area contributed by atoms with Gasteiger partial charge in [-0.2, -0.15) is 0 Å². The molecule has 0 saturated heterocycles. The van der Waals surface area contributed by atoms with Crippen LogP contribution in [0, 0.1) is 6.92 Å². The molecule has 3 N–H and O–H groups in total. The molecule has 0 aliphatic carbocycles. The van der Waals surface area contributed by atoms with Gasteiger partial charge in [-0.15, -0.1) is 0 Å². The van der Waals surface area contributed by atoms with Crippen molar-refractivity contribution in [3.63, 3.8) is 0 Å². The van der Waals surface area contributed by atoms with Crippen LogP contribution in [-0.2, 0) is 0 Å². The highest BCUT2D eigenvalue weighted by Crippen LogP contribution is 2.30. The van der Waals surface area contributed by atoms with E-state index in [9.17, 15) is 0 Å². The van der Waals surface area contributed by atoms with Crippen molar-refractivity contribution in [2.24, 2.45) is 0 Å². The van der Waals surface area contributed by atoms with E-state index in [0.717, 1.165) is 15.7 Å². The molecule has 0 aliphatic heterocycles. The number of hydrogen-bond donors (Lipinski definition) is 2. The van der Waals surface area contributed by atoms with E-state index >= 15 is 0 Å². The van der Waals surface area contributed by atoms with E-state index in [0.29, 0.717) is 16.5 Å². The van der Waals surface area contributed by atoms with Gasteiger partial charge >= 0.3 is 0 Å². The molecule has 3 nitrogen and oxygen atoms in total. The molecular formula is C12H11BrClN3. The maximum atomic E-state index is 6.09. The van der Waals surface area contributed by atoms with Crippen molar-refractivity contribution in [2.45, 2.75) is 6.92 Å². The van der Waals surface area contributed by atoms with E-state index in [1.807, 2.05) is 25.1 Å². The molecule has 1 aromatic carbocycles. The molecule has 0 radical (unpaired) electrons. The van der Waals surface area contributed by atoms with E-state index in [4.69, 9.17) is 17.3 Å². The minimum absolute atomic E-state index is 0.616. The minimum atomic E-state index is 0.616. The van der Waals surface area contributed by atoms with Gasteiger partial charge in [0.15, 0.2) is 5.82 Å². The first kappa shape index (κ1) is 12.2. The molecule has 0 aliphatic rings. The fourth-order valence-corrected chi connectivity index (χ4v) is 1.92. The second kappa shape index (κ2) is 4.94. The quantitative estimate of drug-likeness (QED) is 0.876. The van der Waals surface area contributed by atoms with Gasteiger partial charge in [-0.25, -0.2) is 4.98 Å². The lowest BCUT2D eigenvalue weighted by atomic mass is 10.2. The van der Waals surface area contributed by atoms with Crippen molar-refractivity contribution < 1.29 is 0 Å². The van der Waals surface area contributed by atoms with E-state index < -0.39 is 0 Å². The second-order valence-corrected chi connectivity index (χ2v) is 4.96. The van der Waals surface area contributed by atoms with Gasteiger partial charge in [0.2, 0.25) is 0 Å². The molecule has 88 valence electrons. The Kier molecular flexibility index (Phi) is 3.54. The maximum Gasteiger partial charge on any atom is 0.153 e. The maximum absolute atomic E-state index is 6.09. The van der Waals surface area contributed by atoms with Crippen LogP contribution in [0.3, 0.4) is 0 Å². The third-order valence-electron chi connectivity index (χ3n) is 2.39. The van der Waals surface area contributed by atoms with Crippen LogP contribution in [0.5, 0.6) is 0 Å². The predicted octanol–water partition coefficient (Wildman–Crippen LogP) is 4.13. The summed E-state index contributed by atoms with van der Waals surface area (Å²) in [6, 6.07) is 7.43. The van der Waals surface area contributed by atoms with E-state index in [-0.39, 0.29) is 0 Å². The molecule has 17 heavy (non-hydrogen) atoms. The smallest absolute Gasteiger partial charge is 0.153 e. The lowest BCUT2D eigenvalue weighted by molar-refractivity contribution is 1.28. The summed E-state index contributed by atoms with van der Waals surface area (Å²) in [5.74, 6) is 0.616. The lowest BCUT2D eigenvalue weighted by Gasteiger charge is -2.11. The highest BCUT2D eigenvalue weighted by Gasteiger charge is 2.06. The van der Waals surface area contributed by atoms with Crippen LogP contribution in [0.4, 0.5) is 17.2 Å². The number of nitrogens with two attached hydrogens (primary N) is 1. The Morgan fingerprint density at radius 2 is 2.12 bits per heavy atom. The Balaban J connectivity index is 2.38. The number of anilines is 3. The molecule has 1 aromatic heterocycles. The van der Waals surface area contributed by atoms with Gasteiger partial charge in [-0.1, -0.05) is 27.5 Å². The number of benzene rings is 1. The van der Waals surface area contributed by atoms with Crippen LogP contribution in [-0.4, -0.2) is 4.98 Å². The van der Waals surface area contributed by atoms with Crippen molar-refractivity contribution in [2.75, 3.05) is 11.1 Å². The van der Waals surface area contributed by atoms with Crippen LogP contribution in [0.2, 0.25) is 5.02 Å². The van der Waals surface area contributed by atoms with Crippen LogP contribution in [0.25, 0.3) is 0 Å². The zero-order valence-electron chi connectivity index (χ0n) is 9.17. The topological polar surface area (TPSA) is 50.9 Å². The molecule has 0 amide bonds. The number of pyridine rings is 1. The summed E-state index contributed by atoms with van der Waals surface area (Å²) in [5, 5.41) is 3.75. The molecule has 1 heterocycles. The monoisotopic (exact) mass is 311 g/mol. The predicted molar refractivity (Wildman–Crippen MR) is 75.8 cm³/mol. The molecule has 0 unspecified atom stereocenters. The number of nitrogens with one attached hydrogen (secondary N) is 1. The normalized spacial score (nSPS) is 10.3. The Bertz CT molecular complexity index is 557. The Morgan fingerprint density at radius 3 is 2.88 bits per heavy atom. The first-order valence-corrected chi connectivity index (χ1v) is 6.18. The molecule has 2 aromatic rings. The molecule has 0 atom stereocenters. The molecule has 0 fully saturated rings. The van der Waals surface area contributed by atoms with Gasteiger partial charge in [0.05, 0.1) is 16.4 Å². The Hall–Kier alpha value is -1.26. The number of rotatable bonds is 2. The molecule has 0 saturated carbocycles. The lowest BCUT2D eigenvalue weighted by Crippen LogP contribution is -2.01. The summed E-state index contributed by atoms with van der Waals surface area (Å²) in [4.78, 5) is 4.20. The second-order valence-electron chi connectivity index (χ2n) is 3.64. The fourth-order valence-electron chi connectivity index (χ4n) is 1.39. The van der Waals surface area contributed by atoms with Crippen molar-refractivity contribution in [1.29, 1.82) is 0 Å². The largest absolute Gasteiger partial charge is 0.396 e. The summed E-state index contributed by atoms with van der Waals surface area (Å²) in [6.07, 6.45) is 1.71. The van der Waals surface area contributed by atoms with Crippen molar-refractivity contribution in [3.05, 3.63) is 45.5 Å². The minimum Gasteiger partial charge on any atom is -0.396 e. The molecule has 5 heteroatoms. The van der Waals surface area contributed by atoms with Crippen LogP contribution >= 0.6 is 27.5 Å². The van der Waals surface area contributed by atoms with Crippen molar-refractivity contribution in [1.82, 2.24) is 4.98 Å². The molecular weight excluding hydrogens is 302 g/mol. The van der Waals surface area contributed by atoms with Gasteiger partial charge in [0, 0.05) is 10.7 Å². The average molecular weight is 313 g/mol. The van der Waals surface area contributed by atoms with Gasteiger partial charge < -0.3 is 11.1 Å². The summed E-state index contributed by atoms with van der Waals surface area (Å²) in [7, 11) is 0. The summed E-state index contributed by atoms with van der Waals surface area (Å²) < 4.78 is 0.940. The summed E-state index contributed by atoms with van der Waals surface area (Å²) in [5.41, 5.74) is 8.32. The third kappa shape index (κ3) is 2.70. The summed E-state index contributed by atoms with van der Waals surface area (Å²) in [6.45, 7) is 1.94. The third-order valence-corrected chi connectivity index (χ3v) is 3.21. The van der Waals surface area contributed by atoms with Crippen LogP contribution < -0.4 is 11.1 Å². The van der Waals surface area contributed by atoms with Crippen molar-refractivity contribution >= 4 is 44.7 Å². The van der Waals surface area contributed by atoms with Crippen LogP contribution in [0.1, 0.15) is 5.56 Å². The SMILES string of the molecule is Cc1ccnc(Nc2cc(Br)ccc2Cl)c1N. The van der Waals surface area contributed by atoms with Gasteiger partial charge in [-0.05, 0) is 36.8 Å². The highest BCUT2D eigenvalue weighted by atomic mass is 79.9. The molecule has 0 spiro atoms. The number of aromatic nitrogens is 1. The molecule has 2 rings (SSSR count). The zero-order chi connectivity index (χ0) is 12.4. The van der Waals surface area contributed by atoms with E-state index in [1.165, 1.54) is 0 Å². The average Bonchev–Trinajstić information content (AvgIpc) is 2.30. The van der Waals surface area contributed by atoms with E-state index in [2.05, 4.69) is 26.2 Å². The highest BCUT2D eigenvalue weighted by molar-refractivity contribution is 9.10.